The lowest BCUT2D eigenvalue weighted by Gasteiger charge is -2.34. The van der Waals surface area contributed by atoms with E-state index in [2.05, 4.69) is 35.4 Å². The molecule has 1 unspecified atom stereocenters. The van der Waals surface area contributed by atoms with Crippen molar-refractivity contribution >= 4 is 29.2 Å². The van der Waals surface area contributed by atoms with Gasteiger partial charge in [0.1, 0.15) is 11.9 Å². The highest BCUT2D eigenvalue weighted by molar-refractivity contribution is 6.30. The first-order chi connectivity index (χ1) is 17.4. The highest BCUT2D eigenvalue weighted by Crippen LogP contribution is 2.47. The van der Waals surface area contributed by atoms with Crippen molar-refractivity contribution in [1.82, 2.24) is 14.8 Å². The summed E-state index contributed by atoms with van der Waals surface area (Å²) >= 11 is 6.13. The molecule has 3 aliphatic rings. The Morgan fingerprint density at radius 2 is 1.83 bits per heavy atom. The maximum Gasteiger partial charge on any atom is 0.228 e. The summed E-state index contributed by atoms with van der Waals surface area (Å²) in [4.78, 5) is 34.6. The molecule has 7 nitrogen and oxygen atoms in total. The van der Waals surface area contributed by atoms with Crippen LogP contribution >= 0.6 is 11.6 Å². The molecule has 0 bridgehead atoms. The van der Waals surface area contributed by atoms with E-state index in [1.807, 2.05) is 28.0 Å². The van der Waals surface area contributed by atoms with Crippen LogP contribution in [-0.4, -0.2) is 59.3 Å². The van der Waals surface area contributed by atoms with Gasteiger partial charge in [-0.15, -0.1) is 0 Å². The molecule has 1 aromatic carbocycles. The van der Waals surface area contributed by atoms with Gasteiger partial charge < -0.3 is 15.1 Å². The van der Waals surface area contributed by atoms with Crippen molar-refractivity contribution in [3.63, 3.8) is 0 Å². The molecule has 1 aromatic heterocycles. The zero-order valence-corrected chi connectivity index (χ0v) is 21.4. The van der Waals surface area contributed by atoms with Gasteiger partial charge in [0.05, 0.1) is 5.56 Å². The van der Waals surface area contributed by atoms with E-state index in [-0.39, 0.29) is 35.0 Å². The van der Waals surface area contributed by atoms with Crippen LogP contribution in [0.2, 0.25) is 5.02 Å². The first-order valence-electron chi connectivity index (χ1n) is 12.8. The number of benzene rings is 1. The molecule has 1 aliphatic carbocycles. The Bertz CT molecular complexity index is 1150. The summed E-state index contributed by atoms with van der Waals surface area (Å²) in [6.07, 6.45) is 5.00. The summed E-state index contributed by atoms with van der Waals surface area (Å²) in [5, 5.41) is 13.1. The maximum atomic E-state index is 13.5. The molecule has 3 fully saturated rings. The van der Waals surface area contributed by atoms with E-state index in [4.69, 9.17) is 16.9 Å². The van der Waals surface area contributed by atoms with Crippen molar-refractivity contribution in [1.29, 1.82) is 5.26 Å². The number of nitriles is 1. The second kappa shape index (κ2) is 10.1. The van der Waals surface area contributed by atoms with E-state index >= 15 is 0 Å². The SMILES string of the molecule is CC1(C(=O)N2CCC(C(=O)N3CC(CNc4ccc(C#N)cn4)[C@@H](c4ccc(Cl)cc4)C3)CC2)CC1. The number of anilines is 1. The first kappa shape index (κ1) is 24.6. The molecule has 0 radical (unpaired) electrons. The number of carbonyl (C=O) groups excluding carboxylic acids is 2. The zero-order valence-electron chi connectivity index (χ0n) is 20.6. The topological polar surface area (TPSA) is 89.3 Å². The predicted octanol–water partition coefficient (Wildman–Crippen LogP) is 4.30. The molecule has 2 amide bonds. The molecule has 0 spiro atoms. The van der Waals surface area contributed by atoms with Gasteiger partial charge in [-0.05, 0) is 55.5 Å². The molecular weight excluding hydrogens is 474 g/mol. The van der Waals surface area contributed by atoms with Gasteiger partial charge in [0.25, 0.3) is 0 Å². The zero-order chi connectivity index (χ0) is 25.3. The average Bonchev–Trinajstić information content (AvgIpc) is 3.52. The molecule has 5 rings (SSSR count). The number of aromatic nitrogens is 1. The molecule has 2 aromatic rings. The fraction of sp³-hybridized carbons (Fsp3) is 0.500. The number of hydrogen-bond acceptors (Lipinski definition) is 5. The molecule has 8 heteroatoms. The number of amides is 2. The van der Waals surface area contributed by atoms with Gasteiger partial charge >= 0.3 is 0 Å². The van der Waals surface area contributed by atoms with Gasteiger partial charge in [0, 0.05) is 67.1 Å². The third kappa shape index (κ3) is 5.19. The predicted molar refractivity (Wildman–Crippen MR) is 138 cm³/mol. The number of nitrogens with one attached hydrogen (secondary N) is 1. The summed E-state index contributed by atoms with van der Waals surface area (Å²) in [7, 11) is 0. The van der Waals surface area contributed by atoms with Crippen LogP contribution in [0.1, 0.15) is 49.7 Å². The Morgan fingerprint density at radius 3 is 2.44 bits per heavy atom. The highest BCUT2D eigenvalue weighted by Gasteiger charge is 2.48. The van der Waals surface area contributed by atoms with Crippen molar-refractivity contribution < 1.29 is 9.59 Å². The lowest BCUT2D eigenvalue weighted by molar-refractivity contribution is -0.142. The summed E-state index contributed by atoms with van der Waals surface area (Å²) in [5.74, 6) is 1.56. The van der Waals surface area contributed by atoms with E-state index < -0.39 is 0 Å². The van der Waals surface area contributed by atoms with Crippen LogP contribution in [0.5, 0.6) is 0 Å². The second-order valence-corrected chi connectivity index (χ2v) is 11.1. The van der Waals surface area contributed by atoms with E-state index in [0.717, 1.165) is 31.5 Å². The Labute approximate surface area is 217 Å². The first-order valence-corrected chi connectivity index (χ1v) is 13.2. The normalized spacial score (nSPS) is 23.2. The number of pyridine rings is 1. The molecule has 1 N–H and O–H groups in total. The van der Waals surface area contributed by atoms with Gasteiger partial charge in [0.15, 0.2) is 0 Å². The highest BCUT2D eigenvalue weighted by atomic mass is 35.5. The molecule has 1 saturated carbocycles. The molecule has 2 aliphatic heterocycles. The van der Waals surface area contributed by atoms with Crippen molar-refractivity contribution in [2.45, 2.75) is 38.5 Å². The molecule has 3 heterocycles. The molecule has 36 heavy (non-hydrogen) atoms. The van der Waals surface area contributed by atoms with Crippen LogP contribution < -0.4 is 5.32 Å². The third-order valence-electron chi connectivity index (χ3n) is 8.14. The van der Waals surface area contributed by atoms with Crippen LogP contribution in [-0.2, 0) is 9.59 Å². The van der Waals surface area contributed by atoms with Crippen LogP contribution in [0.3, 0.4) is 0 Å². The molecule has 188 valence electrons. The molecule has 2 saturated heterocycles. The Hall–Kier alpha value is -3.11. The number of halogens is 1. The van der Waals surface area contributed by atoms with Gasteiger partial charge in [-0.2, -0.15) is 5.26 Å². The van der Waals surface area contributed by atoms with Crippen LogP contribution in [0.25, 0.3) is 0 Å². The van der Waals surface area contributed by atoms with Crippen molar-refractivity contribution in [2.24, 2.45) is 17.3 Å². The number of nitrogens with zero attached hydrogens (tertiary/aromatic N) is 4. The lowest BCUT2D eigenvalue weighted by Crippen LogP contribution is -2.45. The Morgan fingerprint density at radius 1 is 1.11 bits per heavy atom. The third-order valence-corrected chi connectivity index (χ3v) is 8.39. The fourth-order valence-corrected chi connectivity index (χ4v) is 5.64. The summed E-state index contributed by atoms with van der Waals surface area (Å²) in [6, 6.07) is 13.6. The van der Waals surface area contributed by atoms with Gasteiger partial charge in [-0.3, -0.25) is 9.59 Å². The monoisotopic (exact) mass is 505 g/mol. The van der Waals surface area contributed by atoms with Gasteiger partial charge in [0.2, 0.25) is 11.8 Å². The van der Waals surface area contributed by atoms with E-state index in [1.165, 1.54) is 5.56 Å². The minimum atomic E-state index is -0.151. The average molecular weight is 506 g/mol. The Balaban J connectivity index is 1.24. The number of carbonyl (C=O) groups is 2. The summed E-state index contributed by atoms with van der Waals surface area (Å²) in [6.45, 7) is 5.41. The van der Waals surface area contributed by atoms with Crippen LogP contribution in [0.15, 0.2) is 42.6 Å². The molecule has 2 atom stereocenters. The van der Waals surface area contributed by atoms with E-state index in [1.54, 1.807) is 12.3 Å². The lowest BCUT2D eigenvalue weighted by atomic mass is 9.89. The summed E-state index contributed by atoms with van der Waals surface area (Å²) < 4.78 is 0. The van der Waals surface area contributed by atoms with Crippen molar-refractivity contribution in [2.75, 3.05) is 38.0 Å². The van der Waals surface area contributed by atoms with Crippen molar-refractivity contribution in [3.8, 4) is 6.07 Å². The van der Waals surface area contributed by atoms with Crippen LogP contribution in [0.4, 0.5) is 5.82 Å². The Kier molecular flexibility index (Phi) is 6.90. The van der Waals surface area contributed by atoms with Crippen LogP contribution in [0, 0.1) is 28.6 Å². The summed E-state index contributed by atoms with van der Waals surface area (Å²) in [5.41, 5.74) is 1.55. The molecular formula is C28H32ClN5O2. The maximum absolute atomic E-state index is 13.5. The fourth-order valence-electron chi connectivity index (χ4n) is 5.52. The number of likely N-dealkylation sites (tertiary alicyclic amines) is 2. The smallest absolute Gasteiger partial charge is 0.228 e. The minimum Gasteiger partial charge on any atom is -0.370 e. The van der Waals surface area contributed by atoms with Gasteiger partial charge in [-0.1, -0.05) is 30.7 Å². The minimum absolute atomic E-state index is 0.0289. The number of rotatable bonds is 6. The quantitative estimate of drug-likeness (QED) is 0.632. The van der Waals surface area contributed by atoms with E-state index in [0.29, 0.717) is 43.3 Å². The number of hydrogen-bond donors (Lipinski definition) is 1. The van der Waals surface area contributed by atoms with Crippen molar-refractivity contribution in [3.05, 3.63) is 58.7 Å². The largest absolute Gasteiger partial charge is 0.370 e. The number of piperidine rings is 1. The standard InChI is InChI=1S/C28H32ClN5O2/c1-28(10-11-28)27(36)33-12-8-21(9-13-33)26(35)34-17-22(16-32-25-7-2-19(14-30)15-31-25)24(18-34)20-3-5-23(29)6-4-20/h2-7,15,21-22,24H,8-13,16-18H2,1H3,(H,31,32)/t22?,24-/m1/s1. The van der Waals surface area contributed by atoms with E-state index in [9.17, 15) is 9.59 Å². The second-order valence-electron chi connectivity index (χ2n) is 10.7. The van der Waals surface area contributed by atoms with Gasteiger partial charge in [-0.25, -0.2) is 4.98 Å².